The Kier molecular flexibility index (Phi) is 9.77. The summed E-state index contributed by atoms with van der Waals surface area (Å²) in [5.41, 5.74) is 16.8. The first-order valence-electron chi connectivity index (χ1n) is 12.3. The van der Waals surface area contributed by atoms with Gasteiger partial charge in [-0.15, -0.1) is 0 Å². The molecule has 7 heteroatoms. The van der Waals surface area contributed by atoms with Crippen LogP contribution in [0.5, 0.6) is 5.75 Å². The third kappa shape index (κ3) is 7.09. The summed E-state index contributed by atoms with van der Waals surface area (Å²) in [6.45, 7) is 2.14. The Morgan fingerprint density at radius 3 is 1.36 bits per heavy atom. The Bertz CT molecular complexity index is 1070. The maximum Gasteiger partial charge on any atom is 0.361 e. The van der Waals surface area contributed by atoms with E-state index in [9.17, 15) is 0 Å². The zero-order chi connectivity index (χ0) is 25.0. The highest BCUT2D eigenvalue weighted by atomic mass is 16.5. The second kappa shape index (κ2) is 13.7. The van der Waals surface area contributed by atoms with Crippen LogP contribution in [0.3, 0.4) is 0 Å². The normalized spacial score (nSPS) is 10.7. The molecule has 0 saturated carbocycles. The van der Waals surface area contributed by atoms with Crippen molar-refractivity contribution < 1.29 is 14.0 Å². The van der Waals surface area contributed by atoms with Crippen LogP contribution in [0.15, 0.2) is 109 Å². The molecule has 0 fully saturated rings. The molecule has 4 N–H and O–H groups in total. The Balaban J connectivity index is 1.39. The van der Waals surface area contributed by atoms with Gasteiger partial charge < -0.3 is 25.5 Å². The fraction of sp³-hybridized carbons (Fsp3) is 0.172. The van der Waals surface area contributed by atoms with Crippen LogP contribution in [0.1, 0.15) is 5.56 Å². The first kappa shape index (κ1) is 25.7. The highest BCUT2D eigenvalue weighted by Crippen LogP contribution is 2.12. The summed E-state index contributed by atoms with van der Waals surface area (Å²) in [6.07, 6.45) is 0. The molecule has 4 rings (SSSR count). The fourth-order valence-corrected chi connectivity index (χ4v) is 4.09. The largest absolute Gasteiger partial charge is 0.489 e. The van der Waals surface area contributed by atoms with Gasteiger partial charge in [-0.05, 0) is 39.5 Å². The van der Waals surface area contributed by atoms with E-state index in [0.717, 1.165) is 33.2 Å². The minimum absolute atomic E-state index is 0.142. The van der Waals surface area contributed by atoms with Crippen LogP contribution < -0.4 is 38.1 Å². The van der Waals surface area contributed by atoms with E-state index in [1.807, 2.05) is 60.7 Å². The van der Waals surface area contributed by atoms with Crippen LogP contribution in [-0.4, -0.2) is 40.1 Å². The topological polar surface area (TPSA) is 79.7 Å². The number of hydrogen-bond acceptors (Lipinski definition) is 5. The lowest BCUT2D eigenvalue weighted by Gasteiger charge is -2.16. The molecule has 0 bridgehead atoms. The fourth-order valence-electron chi connectivity index (χ4n) is 4.09. The highest BCUT2D eigenvalue weighted by Gasteiger charge is 2.22. The van der Waals surface area contributed by atoms with Gasteiger partial charge in [-0.25, -0.2) is 0 Å². The predicted octanol–water partition coefficient (Wildman–Crippen LogP) is 1.43. The Morgan fingerprint density at radius 1 is 0.500 bits per heavy atom. The second-order valence-electron chi connectivity index (χ2n) is 8.50. The van der Waals surface area contributed by atoms with Crippen molar-refractivity contribution in [1.82, 2.24) is 0 Å². The van der Waals surface area contributed by atoms with E-state index in [1.165, 1.54) is 0 Å². The van der Waals surface area contributed by atoms with Gasteiger partial charge >= 0.3 is 13.8 Å². The Hall–Kier alpha value is -3.35. The average Bonchev–Trinajstić information content (AvgIpc) is 2.95. The maximum absolute atomic E-state index is 6.05. The molecule has 0 aliphatic rings. The van der Waals surface area contributed by atoms with Gasteiger partial charge in [0.1, 0.15) is 12.4 Å². The van der Waals surface area contributed by atoms with Gasteiger partial charge in [0, 0.05) is 26.3 Å². The van der Waals surface area contributed by atoms with Crippen LogP contribution in [-0.2, 0) is 15.9 Å². The molecule has 0 aliphatic heterocycles. The quantitative estimate of drug-likeness (QED) is 0.285. The molecule has 0 amide bonds. The van der Waals surface area contributed by atoms with E-state index in [1.54, 1.807) is 0 Å². The van der Waals surface area contributed by atoms with Crippen LogP contribution in [0, 0.1) is 0 Å². The molecule has 5 nitrogen and oxygen atoms in total. The minimum Gasteiger partial charge on any atom is -0.489 e. The molecule has 0 saturated heterocycles. The van der Waals surface area contributed by atoms with Gasteiger partial charge in [-0.3, -0.25) is 0 Å². The number of hydrogen-bond donors (Lipinski definition) is 2. The molecule has 0 spiro atoms. The Morgan fingerprint density at radius 2 is 0.917 bits per heavy atom. The molecule has 0 aliphatic carbocycles. The van der Waals surface area contributed by atoms with E-state index >= 15 is 0 Å². The summed E-state index contributed by atoms with van der Waals surface area (Å²) >= 11 is 0. The summed E-state index contributed by atoms with van der Waals surface area (Å²) < 4.78 is 18.1. The minimum atomic E-state index is -0.157. The van der Waals surface area contributed by atoms with E-state index in [0.29, 0.717) is 32.9 Å². The molecular formula is C29H32B2N2O3. The van der Waals surface area contributed by atoms with Crippen LogP contribution in [0.2, 0.25) is 0 Å². The molecule has 0 aromatic heterocycles. The number of ether oxygens (including phenoxy) is 1. The highest BCUT2D eigenvalue weighted by molar-refractivity contribution is 6.80. The number of nitrogens with two attached hydrogens (primary N) is 2. The van der Waals surface area contributed by atoms with Crippen LogP contribution >= 0.6 is 0 Å². The Labute approximate surface area is 214 Å². The van der Waals surface area contributed by atoms with Crippen molar-refractivity contribution in [2.45, 2.75) is 6.61 Å². The van der Waals surface area contributed by atoms with Crippen molar-refractivity contribution >= 4 is 35.7 Å². The summed E-state index contributed by atoms with van der Waals surface area (Å²) in [6, 6.07) is 36.8. The second-order valence-corrected chi connectivity index (χ2v) is 8.50. The van der Waals surface area contributed by atoms with E-state index < -0.39 is 0 Å². The van der Waals surface area contributed by atoms with Gasteiger partial charge in [0.05, 0.1) is 0 Å². The summed E-state index contributed by atoms with van der Waals surface area (Å²) in [4.78, 5) is 0. The van der Waals surface area contributed by atoms with Crippen molar-refractivity contribution in [2.75, 3.05) is 26.3 Å². The SMILES string of the molecule is NCCOB(c1ccccc1)c1ccc(COc2ccc(B(OCCN)c3ccccc3)cc2)cc1. The molecule has 4 aromatic carbocycles. The molecule has 4 aromatic rings. The molecule has 0 heterocycles. The van der Waals surface area contributed by atoms with Gasteiger partial charge in [0.2, 0.25) is 0 Å². The third-order valence-electron chi connectivity index (χ3n) is 5.88. The van der Waals surface area contributed by atoms with E-state index in [2.05, 4.69) is 48.5 Å². The number of benzene rings is 4. The summed E-state index contributed by atoms with van der Waals surface area (Å²) in [7, 11) is 0. The number of rotatable bonds is 13. The van der Waals surface area contributed by atoms with Crippen molar-refractivity contribution in [3.63, 3.8) is 0 Å². The summed E-state index contributed by atoms with van der Waals surface area (Å²) in [5, 5.41) is 0. The first-order valence-corrected chi connectivity index (χ1v) is 12.3. The van der Waals surface area contributed by atoms with Gasteiger partial charge in [0.25, 0.3) is 0 Å². The van der Waals surface area contributed by atoms with Gasteiger partial charge in [-0.1, -0.05) is 97.1 Å². The van der Waals surface area contributed by atoms with Gasteiger partial charge in [0.15, 0.2) is 0 Å². The molecular weight excluding hydrogens is 446 g/mol. The average molecular weight is 478 g/mol. The maximum atomic E-state index is 6.05. The molecule has 182 valence electrons. The van der Waals surface area contributed by atoms with Crippen molar-refractivity contribution in [3.8, 4) is 5.75 Å². The molecule has 0 radical (unpaired) electrons. The zero-order valence-electron chi connectivity index (χ0n) is 20.5. The van der Waals surface area contributed by atoms with Crippen LogP contribution in [0.25, 0.3) is 0 Å². The third-order valence-corrected chi connectivity index (χ3v) is 5.88. The van der Waals surface area contributed by atoms with E-state index in [4.69, 9.17) is 25.5 Å². The lowest BCUT2D eigenvalue weighted by Crippen LogP contribution is -2.45. The van der Waals surface area contributed by atoms with Crippen molar-refractivity contribution in [3.05, 3.63) is 115 Å². The zero-order valence-corrected chi connectivity index (χ0v) is 20.5. The van der Waals surface area contributed by atoms with Crippen molar-refractivity contribution in [2.24, 2.45) is 11.5 Å². The monoisotopic (exact) mass is 478 g/mol. The molecule has 36 heavy (non-hydrogen) atoms. The van der Waals surface area contributed by atoms with Crippen LogP contribution in [0.4, 0.5) is 0 Å². The van der Waals surface area contributed by atoms with E-state index in [-0.39, 0.29) is 13.8 Å². The lowest BCUT2D eigenvalue weighted by atomic mass is 9.55. The summed E-state index contributed by atoms with van der Waals surface area (Å²) in [5.74, 6) is 0.807. The van der Waals surface area contributed by atoms with Gasteiger partial charge in [-0.2, -0.15) is 0 Å². The smallest absolute Gasteiger partial charge is 0.361 e. The predicted molar refractivity (Wildman–Crippen MR) is 150 cm³/mol. The lowest BCUT2D eigenvalue weighted by molar-refractivity contribution is 0.306. The first-order chi connectivity index (χ1) is 17.8. The molecule has 0 unspecified atom stereocenters. The standard InChI is InChI=1S/C29H32B2N2O3/c32-19-21-35-30(25-7-3-1-4-8-25)27-13-11-24(12-14-27)23-34-29-17-15-28(16-18-29)31(36-22-20-33)26-9-5-2-6-10-26/h1-18H,19-23,32-33H2. The molecule has 0 atom stereocenters. The van der Waals surface area contributed by atoms with Crippen molar-refractivity contribution in [1.29, 1.82) is 0 Å².